The highest BCUT2D eigenvalue weighted by Gasteiger charge is 2.30. The van der Waals surface area contributed by atoms with Crippen LogP contribution in [0.1, 0.15) is 28.8 Å². The maximum absolute atomic E-state index is 6.16. The molecule has 2 unspecified atom stereocenters. The fourth-order valence-electron chi connectivity index (χ4n) is 2.54. The average molecular weight is 318 g/mol. The van der Waals surface area contributed by atoms with Gasteiger partial charge in [0, 0.05) is 23.6 Å². The second-order valence-corrected chi connectivity index (χ2v) is 5.96. The molecule has 2 nitrogen and oxygen atoms in total. The van der Waals surface area contributed by atoms with Crippen LogP contribution in [-0.2, 0) is 11.2 Å². The van der Waals surface area contributed by atoms with Gasteiger partial charge in [-0.2, -0.15) is 0 Å². The van der Waals surface area contributed by atoms with Crippen molar-refractivity contribution in [2.45, 2.75) is 30.2 Å². The number of hydrogen-bond acceptors (Lipinski definition) is 2. The first kappa shape index (κ1) is 11.8. The third-order valence-corrected chi connectivity index (χ3v) is 4.67. The van der Waals surface area contributed by atoms with E-state index in [4.69, 9.17) is 21.1 Å². The molecule has 92 valence electrons. The van der Waals surface area contributed by atoms with E-state index in [9.17, 15) is 0 Å². The van der Waals surface area contributed by atoms with E-state index in [1.807, 2.05) is 12.1 Å². The predicted octanol–water partition coefficient (Wildman–Crippen LogP) is 3.89. The molecule has 0 saturated carbocycles. The van der Waals surface area contributed by atoms with Crippen LogP contribution in [0.15, 0.2) is 12.1 Å². The van der Waals surface area contributed by atoms with Gasteiger partial charge in [0.1, 0.15) is 5.75 Å². The molecule has 0 amide bonds. The zero-order valence-corrected chi connectivity index (χ0v) is 11.8. The second kappa shape index (κ2) is 4.79. The first-order chi connectivity index (χ1) is 8.25. The summed E-state index contributed by atoms with van der Waals surface area (Å²) >= 11 is 9.90. The fraction of sp³-hybridized carbons (Fsp3) is 0.538. The van der Waals surface area contributed by atoms with Gasteiger partial charge >= 0.3 is 0 Å². The van der Waals surface area contributed by atoms with Gasteiger partial charge in [0.15, 0.2) is 0 Å². The van der Waals surface area contributed by atoms with Crippen molar-refractivity contribution < 1.29 is 9.47 Å². The summed E-state index contributed by atoms with van der Waals surface area (Å²) in [5.74, 6) is 1.01. The number of alkyl halides is 1. The normalized spacial score (nSPS) is 24.5. The van der Waals surface area contributed by atoms with E-state index in [0.29, 0.717) is 0 Å². The Balaban J connectivity index is 1.96. The Morgan fingerprint density at radius 3 is 3.00 bits per heavy atom. The van der Waals surface area contributed by atoms with Gasteiger partial charge in [0.2, 0.25) is 0 Å². The van der Waals surface area contributed by atoms with Crippen molar-refractivity contribution in [1.82, 2.24) is 0 Å². The minimum atomic E-state index is 0.176. The van der Waals surface area contributed by atoms with E-state index >= 15 is 0 Å². The molecule has 0 bridgehead atoms. The molecule has 2 heterocycles. The van der Waals surface area contributed by atoms with Crippen LogP contribution in [-0.4, -0.2) is 19.3 Å². The SMILES string of the molecule is Clc1cc2c(c(C(Br)C3CCCO3)c1)OCC2. The van der Waals surface area contributed by atoms with Crippen LogP contribution in [0, 0.1) is 0 Å². The highest BCUT2D eigenvalue weighted by molar-refractivity contribution is 9.09. The summed E-state index contributed by atoms with van der Waals surface area (Å²) in [6, 6.07) is 4.00. The predicted molar refractivity (Wildman–Crippen MR) is 71.3 cm³/mol. The van der Waals surface area contributed by atoms with Crippen molar-refractivity contribution in [2.24, 2.45) is 0 Å². The third kappa shape index (κ3) is 2.20. The van der Waals surface area contributed by atoms with Crippen molar-refractivity contribution in [3.05, 3.63) is 28.3 Å². The lowest BCUT2D eigenvalue weighted by molar-refractivity contribution is 0.110. The van der Waals surface area contributed by atoms with Gasteiger partial charge in [-0.1, -0.05) is 27.5 Å². The molecule has 0 aliphatic carbocycles. The Bertz CT molecular complexity index is 430. The van der Waals surface area contributed by atoms with Gasteiger partial charge in [-0.3, -0.25) is 0 Å². The van der Waals surface area contributed by atoms with E-state index in [0.717, 1.165) is 48.8 Å². The molecule has 3 rings (SSSR count). The Morgan fingerprint density at radius 1 is 1.35 bits per heavy atom. The van der Waals surface area contributed by atoms with Crippen molar-refractivity contribution >= 4 is 27.5 Å². The molecule has 1 fully saturated rings. The zero-order valence-electron chi connectivity index (χ0n) is 9.42. The molecule has 2 atom stereocenters. The monoisotopic (exact) mass is 316 g/mol. The maximum atomic E-state index is 6.16. The summed E-state index contributed by atoms with van der Waals surface area (Å²) in [5.41, 5.74) is 2.35. The van der Waals surface area contributed by atoms with Crippen LogP contribution in [0.5, 0.6) is 5.75 Å². The Kier molecular flexibility index (Phi) is 3.33. The van der Waals surface area contributed by atoms with Gasteiger partial charge in [-0.25, -0.2) is 0 Å². The van der Waals surface area contributed by atoms with Gasteiger partial charge in [0.25, 0.3) is 0 Å². The number of fused-ring (bicyclic) bond motifs is 1. The molecule has 0 spiro atoms. The summed E-state index contributed by atoms with van der Waals surface area (Å²) in [5, 5.41) is 0.784. The fourth-order valence-corrected chi connectivity index (χ4v) is 3.54. The van der Waals surface area contributed by atoms with Gasteiger partial charge in [-0.05, 0) is 30.5 Å². The molecular formula is C13H14BrClO2. The Morgan fingerprint density at radius 2 is 2.24 bits per heavy atom. The van der Waals surface area contributed by atoms with Crippen LogP contribution in [0.2, 0.25) is 5.02 Å². The Labute approximate surface area is 114 Å². The Hall–Kier alpha value is -0.250. The topological polar surface area (TPSA) is 18.5 Å². The van der Waals surface area contributed by atoms with E-state index < -0.39 is 0 Å². The molecular weight excluding hydrogens is 303 g/mol. The van der Waals surface area contributed by atoms with Crippen LogP contribution < -0.4 is 4.74 Å². The molecule has 0 N–H and O–H groups in total. The highest BCUT2D eigenvalue weighted by Crippen LogP contribution is 2.43. The van der Waals surface area contributed by atoms with Crippen molar-refractivity contribution in [3.63, 3.8) is 0 Å². The van der Waals surface area contributed by atoms with E-state index in [2.05, 4.69) is 15.9 Å². The smallest absolute Gasteiger partial charge is 0.127 e. The molecule has 0 aromatic heterocycles. The number of benzene rings is 1. The van der Waals surface area contributed by atoms with Gasteiger partial charge < -0.3 is 9.47 Å². The lowest BCUT2D eigenvalue weighted by Crippen LogP contribution is -2.13. The number of hydrogen-bond donors (Lipinski definition) is 0. The largest absolute Gasteiger partial charge is 0.493 e. The lowest BCUT2D eigenvalue weighted by Gasteiger charge is -2.19. The minimum Gasteiger partial charge on any atom is -0.493 e. The van der Waals surface area contributed by atoms with E-state index in [1.165, 1.54) is 5.56 Å². The molecule has 1 aromatic carbocycles. The summed E-state index contributed by atoms with van der Waals surface area (Å²) in [4.78, 5) is 0.176. The molecule has 4 heteroatoms. The van der Waals surface area contributed by atoms with Crippen molar-refractivity contribution in [1.29, 1.82) is 0 Å². The first-order valence-electron chi connectivity index (χ1n) is 5.96. The van der Waals surface area contributed by atoms with Crippen molar-refractivity contribution in [2.75, 3.05) is 13.2 Å². The number of ether oxygens (including phenoxy) is 2. The standard InChI is InChI=1S/C13H14BrClO2/c14-12(11-2-1-4-16-11)10-7-9(15)6-8-3-5-17-13(8)10/h6-7,11-12H,1-5H2. The number of rotatable bonds is 2. The summed E-state index contributed by atoms with van der Waals surface area (Å²) in [7, 11) is 0. The van der Waals surface area contributed by atoms with Crippen LogP contribution in [0.3, 0.4) is 0 Å². The maximum Gasteiger partial charge on any atom is 0.127 e. The van der Waals surface area contributed by atoms with Gasteiger partial charge in [-0.15, -0.1) is 0 Å². The summed E-state index contributed by atoms with van der Waals surface area (Å²) in [6.07, 6.45) is 3.42. The van der Waals surface area contributed by atoms with Crippen LogP contribution >= 0.6 is 27.5 Å². The molecule has 17 heavy (non-hydrogen) atoms. The van der Waals surface area contributed by atoms with Gasteiger partial charge in [0.05, 0.1) is 17.5 Å². The number of halogens is 2. The average Bonchev–Trinajstić information content (AvgIpc) is 2.97. The molecule has 2 aliphatic rings. The minimum absolute atomic E-state index is 0.176. The zero-order chi connectivity index (χ0) is 11.8. The van der Waals surface area contributed by atoms with Crippen LogP contribution in [0.4, 0.5) is 0 Å². The summed E-state index contributed by atoms with van der Waals surface area (Å²) in [6.45, 7) is 1.62. The van der Waals surface area contributed by atoms with E-state index in [1.54, 1.807) is 0 Å². The second-order valence-electron chi connectivity index (χ2n) is 4.53. The first-order valence-corrected chi connectivity index (χ1v) is 7.26. The van der Waals surface area contributed by atoms with E-state index in [-0.39, 0.29) is 10.9 Å². The molecule has 2 aliphatic heterocycles. The van der Waals surface area contributed by atoms with Crippen LogP contribution in [0.25, 0.3) is 0 Å². The molecule has 1 aromatic rings. The molecule has 0 radical (unpaired) electrons. The highest BCUT2D eigenvalue weighted by atomic mass is 79.9. The lowest BCUT2D eigenvalue weighted by atomic mass is 10.0. The van der Waals surface area contributed by atoms with Crippen molar-refractivity contribution in [3.8, 4) is 5.75 Å². The third-order valence-electron chi connectivity index (χ3n) is 3.37. The quantitative estimate of drug-likeness (QED) is 0.771. The molecule has 1 saturated heterocycles. The summed E-state index contributed by atoms with van der Waals surface area (Å²) < 4.78 is 11.4.